The molecule has 0 fully saturated rings. The van der Waals surface area contributed by atoms with Gasteiger partial charge in [-0.1, -0.05) is 13.8 Å². The van der Waals surface area contributed by atoms with Crippen LogP contribution in [0.25, 0.3) is 0 Å². The molecule has 0 radical (unpaired) electrons. The van der Waals surface area contributed by atoms with Crippen LogP contribution >= 0.6 is 0 Å². The quantitative estimate of drug-likeness (QED) is 0.591. The Kier molecular flexibility index (Phi) is 11.7. The SMILES string of the molecule is COCCN(CCOC)C(=O)CCC(CCN)C(C)C. The summed E-state index contributed by atoms with van der Waals surface area (Å²) in [6.45, 7) is 7.45. The zero-order valence-electron chi connectivity index (χ0n) is 13.6. The van der Waals surface area contributed by atoms with E-state index in [-0.39, 0.29) is 5.91 Å². The van der Waals surface area contributed by atoms with Gasteiger partial charge in [0.05, 0.1) is 13.2 Å². The van der Waals surface area contributed by atoms with Crippen molar-refractivity contribution in [1.29, 1.82) is 0 Å². The topological polar surface area (TPSA) is 64.8 Å². The van der Waals surface area contributed by atoms with Crippen molar-refractivity contribution in [2.45, 2.75) is 33.1 Å². The highest BCUT2D eigenvalue weighted by Crippen LogP contribution is 2.20. The summed E-state index contributed by atoms with van der Waals surface area (Å²) in [5.41, 5.74) is 5.64. The lowest BCUT2D eigenvalue weighted by Crippen LogP contribution is -2.36. The van der Waals surface area contributed by atoms with Crippen LogP contribution in [0.3, 0.4) is 0 Å². The van der Waals surface area contributed by atoms with Gasteiger partial charge >= 0.3 is 0 Å². The minimum atomic E-state index is 0.182. The standard InChI is InChI=1S/C15H32N2O3/c1-13(2)14(7-8-16)5-6-15(18)17(9-11-19-3)10-12-20-4/h13-14H,5-12,16H2,1-4H3. The third-order valence-corrected chi connectivity index (χ3v) is 3.69. The second-order valence-corrected chi connectivity index (χ2v) is 5.49. The van der Waals surface area contributed by atoms with Gasteiger partial charge < -0.3 is 20.1 Å². The van der Waals surface area contributed by atoms with E-state index in [2.05, 4.69) is 13.8 Å². The molecule has 0 aliphatic carbocycles. The maximum Gasteiger partial charge on any atom is 0.222 e. The summed E-state index contributed by atoms with van der Waals surface area (Å²) in [6, 6.07) is 0. The van der Waals surface area contributed by atoms with Gasteiger partial charge in [0, 0.05) is 33.7 Å². The van der Waals surface area contributed by atoms with Crippen LogP contribution in [-0.4, -0.2) is 57.9 Å². The predicted octanol–water partition coefficient (Wildman–Crippen LogP) is 1.51. The smallest absolute Gasteiger partial charge is 0.222 e. The fourth-order valence-corrected chi connectivity index (χ4v) is 2.26. The molecule has 5 heteroatoms. The highest BCUT2D eigenvalue weighted by molar-refractivity contribution is 5.76. The third-order valence-electron chi connectivity index (χ3n) is 3.69. The van der Waals surface area contributed by atoms with E-state index in [1.165, 1.54) is 0 Å². The second-order valence-electron chi connectivity index (χ2n) is 5.49. The van der Waals surface area contributed by atoms with E-state index in [9.17, 15) is 4.79 Å². The van der Waals surface area contributed by atoms with Crippen molar-refractivity contribution in [2.75, 3.05) is 47.1 Å². The Bertz CT molecular complexity index is 239. The average Bonchev–Trinajstić information content (AvgIpc) is 2.43. The highest BCUT2D eigenvalue weighted by Gasteiger charge is 2.18. The molecule has 0 aromatic carbocycles. The van der Waals surface area contributed by atoms with E-state index in [4.69, 9.17) is 15.2 Å². The molecule has 120 valence electrons. The minimum Gasteiger partial charge on any atom is -0.383 e. The summed E-state index contributed by atoms with van der Waals surface area (Å²) in [4.78, 5) is 14.1. The van der Waals surface area contributed by atoms with Crippen LogP contribution in [0.1, 0.15) is 33.1 Å². The van der Waals surface area contributed by atoms with E-state index in [1.807, 2.05) is 4.90 Å². The number of hydrogen-bond acceptors (Lipinski definition) is 4. The lowest BCUT2D eigenvalue weighted by Gasteiger charge is -2.24. The number of hydrogen-bond donors (Lipinski definition) is 1. The van der Waals surface area contributed by atoms with Crippen molar-refractivity contribution in [3.8, 4) is 0 Å². The maximum atomic E-state index is 12.3. The van der Waals surface area contributed by atoms with Gasteiger partial charge in [0.25, 0.3) is 0 Å². The van der Waals surface area contributed by atoms with Crippen molar-refractivity contribution in [1.82, 2.24) is 4.90 Å². The number of nitrogens with zero attached hydrogens (tertiary/aromatic N) is 1. The second kappa shape index (κ2) is 12.1. The van der Waals surface area contributed by atoms with E-state index < -0.39 is 0 Å². The van der Waals surface area contributed by atoms with Crippen molar-refractivity contribution >= 4 is 5.91 Å². The Hall–Kier alpha value is -0.650. The van der Waals surface area contributed by atoms with Crippen LogP contribution < -0.4 is 5.73 Å². The van der Waals surface area contributed by atoms with Crippen molar-refractivity contribution < 1.29 is 14.3 Å². The number of rotatable bonds is 12. The summed E-state index contributed by atoms with van der Waals surface area (Å²) in [6.07, 6.45) is 2.47. The molecule has 5 nitrogen and oxygen atoms in total. The average molecular weight is 288 g/mol. The van der Waals surface area contributed by atoms with E-state index in [0.29, 0.717) is 51.1 Å². The van der Waals surface area contributed by atoms with Gasteiger partial charge in [-0.25, -0.2) is 0 Å². The van der Waals surface area contributed by atoms with Crippen LogP contribution in [0.4, 0.5) is 0 Å². The molecule has 0 bridgehead atoms. The Labute approximate surface area is 123 Å². The van der Waals surface area contributed by atoms with Crippen LogP contribution in [-0.2, 0) is 14.3 Å². The molecule has 0 saturated carbocycles. The normalized spacial score (nSPS) is 12.7. The van der Waals surface area contributed by atoms with Gasteiger partial charge in [-0.15, -0.1) is 0 Å². The summed E-state index contributed by atoms with van der Waals surface area (Å²) < 4.78 is 10.1. The molecule has 0 aliphatic heterocycles. The zero-order chi connectivity index (χ0) is 15.4. The molecule has 1 atom stereocenters. The first kappa shape index (κ1) is 19.4. The first-order valence-electron chi connectivity index (χ1n) is 7.52. The Balaban J connectivity index is 4.27. The molecule has 0 aliphatic rings. The first-order valence-corrected chi connectivity index (χ1v) is 7.52. The van der Waals surface area contributed by atoms with E-state index in [1.54, 1.807) is 14.2 Å². The minimum absolute atomic E-state index is 0.182. The lowest BCUT2D eigenvalue weighted by molar-refractivity contribution is -0.132. The molecule has 1 amide bonds. The van der Waals surface area contributed by atoms with E-state index in [0.717, 1.165) is 12.8 Å². The number of amides is 1. The summed E-state index contributed by atoms with van der Waals surface area (Å²) >= 11 is 0. The monoisotopic (exact) mass is 288 g/mol. The Morgan fingerprint density at radius 2 is 1.65 bits per heavy atom. The summed E-state index contributed by atoms with van der Waals surface area (Å²) in [7, 11) is 3.30. The predicted molar refractivity (Wildman–Crippen MR) is 81.6 cm³/mol. The van der Waals surface area contributed by atoms with Crippen LogP contribution in [0.5, 0.6) is 0 Å². The third kappa shape index (κ3) is 8.51. The molecule has 1 unspecified atom stereocenters. The molecular formula is C15H32N2O3. The number of carbonyl (C=O) groups excluding carboxylic acids is 1. The van der Waals surface area contributed by atoms with Gasteiger partial charge in [-0.3, -0.25) is 4.79 Å². The molecule has 0 spiro atoms. The fourth-order valence-electron chi connectivity index (χ4n) is 2.26. The highest BCUT2D eigenvalue weighted by atomic mass is 16.5. The molecule has 0 heterocycles. The van der Waals surface area contributed by atoms with Crippen molar-refractivity contribution in [3.05, 3.63) is 0 Å². The Morgan fingerprint density at radius 3 is 2.05 bits per heavy atom. The van der Waals surface area contributed by atoms with Crippen LogP contribution in [0.2, 0.25) is 0 Å². The first-order chi connectivity index (χ1) is 9.56. The number of ether oxygens (including phenoxy) is 2. The van der Waals surface area contributed by atoms with E-state index >= 15 is 0 Å². The number of nitrogens with two attached hydrogens (primary N) is 1. The van der Waals surface area contributed by atoms with Crippen molar-refractivity contribution in [2.24, 2.45) is 17.6 Å². The number of carbonyl (C=O) groups is 1. The molecule has 0 saturated heterocycles. The summed E-state index contributed by atoms with van der Waals surface area (Å²) in [5.74, 6) is 1.27. The number of methoxy groups -OCH3 is 2. The largest absolute Gasteiger partial charge is 0.383 e. The molecular weight excluding hydrogens is 256 g/mol. The fraction of sp³-hybridized carbons (Fsp3) is 0.933. The van der Waals surface area contributed by atoms with Gasteiger partial charge in [0.2, 0.25) is 5.91 Å². The Morgan fingerprint density at radius 1 is 1.10 bits per heavy atom. The van der Waals surface area contributed by atoms with Crippen LogP contribution in [0.15, 0.2) is 0 Å². The molecule has 0 rings (SSSR count). The van der Waals surface area contributed by atoms with Gasteiger partial charge in [0.15, 0.2) is 0 Å². The zero-order valence-corrected chi connectivity index (χ0v) is 13.6. The molecule has 0 aromatic heterocycles. The van der Waals surface area contributed by atoms with Crippen molar-refractivity contribution in [3.63, 3.8) is 0 Å². The molecule has 0 aromatic rings. The van der Waals surface area contributed by atoms with Gasteiger partial charge in [-0.05, 0) is 31.2 Å². The maximum absolute atomic E-state index is 12.3. The molecule has 2 N–H and O–H groups in total. The molecule has 20 heavy (non-hydrogen) atoms. The van der Waals surface area contributed by atoms with Gasteiger partial charge in [-0.2, -0.15) is 0 Å². The van der Waals surface area contributed by atoms with Crippen LogP contribution in [0, 0.1) is 11.8 Å². The lowest BCUT2D eigenvalue weighted by atomic mass is 9.88. The van der Waals surface area contributed by atoms with Gasteiger partial charge in [0.1, 0.15) is 0 Å². The summed E-state index contributed by atoms with van der Waals surface area (Å²) in [5, 5.41) is 0.